The highest BCUT2D eigenvalue weighted by molar-refractivity contribution is 6.20. The van der Waals surface area contributed by atoms with Crippen molar-refractivity contribution in [2.24, 2.45) is 5.92 Å². The highest BCUT2D eigenvalue weighted by atomic mass is 35.5. The molecule has 96 valence electrons. The first-order chi connectivity index (χ1) is 8.03. The van der Waals surface area contributed by atoms with Gasteiger partial charge in [0.25, 0.3) is 0 Å². The van der Waals surface area contributed by atoms with Gasteiger partial charge in [0, 0.05) is 5.41 Å². The van der Waals surface area contributed by atoms with Gasteiger partial charge in [-0.05, 0) is 32.1 Å². The molecular formula is C14H22ClNO. The molecule has 1 aliphatic carbocycles. The Labute approximate surface area is 109 Å². The molecule has 0 amide bonds. The Morgan fingerprint density at radius 2 is 2.00 bits per heavy atom. The van der Waals surface area contributed by atoms with Gasteiger partial charge in [0.2, 0.25) is 5.89 Å². The summed E-state index contributed by atoms with van der Waals surface area (Å²) < 4.78 is 5.89. The van der Waals surface area contributed by atoms with Crippen molar-refractivity contribution in [1.82, 2.24) is 4.98 Å². The minimum atomic E-state index is -0.138. The standard InChI is InChI=1S/C14H22ClNO/c1-10(2)8-14(6-4-5-7-14)12-9-16-13(17-12)11(3)15/h9-11H,4-8H2,1-3H3. The number of alkyl halides is 1. The normalized spacial score (nSPS) is 21.0. The third kappa shape index (κ3) is 2.67. The van der Waals surface area contributed by atoms with Gasteiger partial charge in [0.1, 0.15) is 11.1 Å². The Hall–Kier alpha value is -0.500. The predicted molar refractivity (Wildman–Crippen MR) is 70.4 cm³/mol. The summed E-state index contributed by atoms with van der Waals surface area (Å²) in [6, 6.07) is 0. The van der Waals surface area contributed by atoms with Gasteiger partial charge in [-0.1, -0.05) is 26.7 Å². The van der Waals surface area contributed by atoms with E-state index in [0.717, 1.165) is 5.76 Å². The Morgan fingerprint density at radius 1 is 1.35 bits per heavy atom. The third-order valence-corrected chi connectivity index (χ3v) is 3.93. The fourth-order valence-corrected chi connectivity index (χ4v) is 3.20. The summed E-state index contributed by atoms with van der Waals surface area (Å²) in [5.74, 6) is 2.41. The molecule has 1 heterocycles. The van der Waals surface area contributed by atoms with E-state index in [0.29, 0.717) is 11.8 Å². The summed E-state index contributed by atoms with van der Waals surface area (Å²) in [6.07, 6.45) is 8.17. The van der Waals surface area contributed by atoms with Crippen molar-refractivity contribution in [2.75, 3.05) is 0 Å². The lowest BCUT2D eigenvalue weighted by Crippen LogP contribution is -2.23. The third-order valence-electron chi connectivity index (χ3n) is 3.75. The number of hydrogen-bond donors (Lipinski definition) is 0. The van der Waals surface area contributed by atoms with Crippen molar-refractivity contribution in [2.45, 2.75) is 63.7 Å². The van der Waals surface area contributed by atoms with Crippen LogP contribution in [0.25, 0.3) is 0 Å². The van der Waals surface area contributed by atoms with Crippen LogP contribution in [0.2, 0.25) is 0 Å². The van der Waals surface area contributed by atoms with Crippen LogP contribution in [0.3, 0.4) is 0 Å². The molecule has 1 aliphatic rings. The van der Waals surface area contributed by atoms with Crippen molar-refractivity contribution >= 4 is 11.6 Å². The fourth-order valence-electron chi connectivity index (χ4n) is 3.10. The molecule has 0 aromatic carbocycles. The van der Waals surface area contributed by atoms with E-state index in [1.165, 1.54) is 32.1 Å². The largest absolute Gasteiger partial charge is 0.444 e. The summed E-state index contributed by atoms with van der Waals surface area (Å²) in [5.41, 5.74) is 0.227. The summed E-state index contributed by atoms with van der Waals surface area (Å²) in [5, 5.41) is -0.138. The molecule has 1 saturated carbocycles. The van der Waals surface area contributed by atoms with E-state index in [1.54, 1.807) is 0 Å². The molecule has 1 fully saturated rings. The van der Waals surface area contributed by atoms with Crippen LogP contribution < -0.4 is 0 Å². The first kappa shape index (κ1) is 12.9. The van der Waals surface area contributed by atoms with Gasteiger partial charge >= 0.3 is 0 Å². The molecule has 17 heavy (non-hydrogen) atoms. The van der Waals surface area contributed by atoms with Gasteiger partial charge in [0.05, 0.1) is 6.20 Å². The second-order valence-electron chi connectivity index (χ2n) is 5.76. The smallest absolute Gasteiger partial charge is 0.212 e. The number of rotatable bonds is 4. The summed E-state index contributed by atoms with van der Waals surface area (Å²) >= 11 is 6.02. The summed E-state index contributed by atoms with van der Waals surface area (Å²) in [4.78, 5) is 4.31. The van der Waals surface area contributed by atoms with E-state index < -0.39 is 0 Å². The molecule has 1 aromatic rings. The van der Waals surface area contributed by atoms with Crippen molar-refractivity contribution < 1.29 is 4.42 Å². The highest BCUT2D eigenvalue weighted by Crippen LogP contribution is 2.46. The molecule has 0 radical (unpaired) electrons. The molecule has 1 aromatic heterocycles. The van der Waals surface area contributed by atoms with Crippen LogP contribution in [-0.2, 0) is 5.41 Å². The van der Waals surface area contributed by atoms with Crippen molar-refractivity contribution in [3.05, 3.63) is 17.8 Å². The van der Waals surface area contributed by atoms with E-state index in [1.807, 2.05) is 13.1 Å². The van der Waals surface area contributed by atoms with Crippen LogP contribution in [0.1, 0.15) is 69.9 Å². The topological polar surface area (TPSA) is 26.0 Å². The first-order valence-electron chi connectivity index (χ1n) is 6.64. The van der Waals surface area contributed by atoms with Gasteiger partial charge in [-0.2, -0.15) is 0 Å². The van der Waals surface area contributed by atoms with Crippen molar-refractivity contribution in [3.8, 4) is 0 Å². The van der Waals surface area contributed by atoms with E-state index in [4.69, 9.17) is 16.0 Å². The Balaban J connectivity index is 2.25. The maximum absolute atomic E-state index is 6.02. The molecule has 0 spiro atoms. The van der Waals surface area contributed by atoms with Gasteiger partial charge in [0.15, 0.2) is 0 Å². The summed E-state index contributed by atoms with van der Waals surface area (Å²) in [6.45, 7) is 6.46. The minimum Gasteiger partial charge on any atom is -0.444 e. The number of aromatic nitrogens is 1. The van der Waals surface area contributed by atoms with Crippen molar-refractivity contribution in [3.63, 3.8) is 0 Å². The van der Waals surface area contributed by atoms with E-state index in [2.05, 4.69) is 18.8 Å². The van der Waals surface area contributed by atoms with Gasteiger partial charge in [-0.25, -0.2) is 4.98 Å². The van der Waals surface area contributed by atoms with Crippen LogP contribution in [-0.4, -0.2) is 4.98 Å². The fraction of sp³-hybridized carbons (Fsp3) is 0.786. The number of halogens is 1. The quantitative estimate of drug-likeness (QED) is 0.720. The first-order valence-corrected chi connectivity index (χ1v) is 7.07. The number of nitrogens with zero attached hydrogens (tertiary/aromatic N) is 1. The Morgan fingerprint density at radius 3 is 2.47 bits per heavy atom. The van der Waals surface area contributed by atoms with Crippen LogP contribution in [0.4, 0.5) is 0 Å². The zero-order valence-electron chi connectivity index (χ0n) is 11.0. The lowest BCUT2D eigenvalue weighted by Gasteiger charge is -2.28. The van der Waals surface area contributed by atoms with Crippen LogP contribution in [0.5, 0.6) is 0 Å². The van der Waals surface area contributed by atoms with Crippen LogP contribution >= 0.6 is 11.6 Å². The lowest BCUT2D eigenvalue weighted by atomic mass is 9.77. The molecule has 1 atom stereocenters. The second-order valence-corrected chi connectivity index (χ2v) is 6.42. The van der Waals surface area contributed by atoms with Crippen LogP contribution in [0.15, 0.2) is 10.6 Å². The van der Waals surface area contributed by atoms with Gasteiger partial charge < -0.3 is 4.42 Å². The molecule has 0 aliphatic heterocycles. The number of hydrogen-bond acceptors (Lipinski definition) is 2. The molecule has 3 heteroatoms. The average molecular weight is 256 g/mol. The van der Waals surface area contributed by atoms with Gasteiger partial charge in [-0.3, -0.25) is 0 Å². The lowest BCUT2D eigenvalue weighted by molar-refractivity contribution is 0.277. The number of oxazole rings is 1. The molecule has 0 N–H and O–H groups in total. The van der Waals surface area contributed by atoms with Gasteiger partial charge in [-0.15, -0.1) is 11.6 Å². The summed E-state index contributed by atoms with van der Waals surface area (Å²) in [7, 11) is 0. The molecular weight excluding hydrogens is 234 g/mol. The maximum Gasteiger partial charge on any atom is 0.212 e. The molecule has 2 nitrogen and oxygen atoms in total. The maximum atomic E-state index is 6.02. The second kappa shape index (κ2) is 5.01. The minimum absolute atomic E-state index is 0.138. The Kier molecular flexibility index (Phi) is 3.82. The molecule has 1 unspecified atom stereocenters. The molecule has 0 saturated heterocycles. The average Bonchev–Trinajstić information content (AvgIpc) is 2.83. The monoisotopic (exact) mass is 255 g/mol. The Bertz CT molecular complexity index is 364. The molecule has 0 bridgehead atoms. The van der Waals surface area contributed by atoms with E-state index >= 15 is 0 Å². The van der Waals surface area contributed by atoms with E-state index in [9.17, 15) is 0 Å². The van der Waals surface area contributed by atoms with Crippen molar-refractivity contribution in [1.29, 1.82) is 0 Å². The van der Waals surface area contributed by atoms with E-state index in [-0.39, 0.29) is 10.8 Å². The zero-order valence-corrected chi connectivity index (χ0v) is 11.8. The van der Waals surface area contributed by atoms with Crippen LogP contribution in [0, 0.1) is 5.92 Å². The highest BCUT2D eigenvalue weighted by Gasteiger charge is 2.39. The SMILES string of the molecule is CC(C)CC1(c2cnc(C(C)Cl)o2)CCCC1. The molecule has 2 rings (SSSR count). The predicted octanol–water partition coefficient (Wildman–Crippen LogP) is 4.83. The zero-order chi connectivity index (χ0) is 12.5.